The van der Waals surface area contributed by atoms with Crippen LogP contribution in [0.5, 0.6) is 0 Å². The number of hydrogen-bond acceptors (Lipinski definition) is 3. The van der Waals surface area contributed by atoms with Crippen molar-refractivity contribution in [3.63, 3.8) is 0 Å². The van der Waals surface area contributed by atoms with E-state index in [1.165, 1.54) is 16.8 Å². The van der Waals surface area contributed by atoms with Crippen molar-refractivity contribution in [1.82, 2.24) is 4.90 Å². The Bertz CT molecular complexity index is 384. The number of aliphatic hydroxyl groups is 1. The monoisotopic (exact) mass is 248 g/mol. The van der Waals surface area contributed by atoms with Gasteiger partial charge in [0, 0.05) is 31.9 Å². The highest BCUT2D eigenvalue weighted by atomic mass is 16.3. The predicted molar refractivity (Wildman–Crippen MR) is 75.9 cm³/mol. The molecule has 0 spiro atoms. The van der Waals surface area contributed by atoms with Crippen molar-refractivity contribution < 1.29 is 5.11 Å². The lowest BCUT2D eigenvalue weighted by Crippen LogP contribution is -2.35. The Hall–Kier alpha value is -1.06. The Labute approximate surface area is 110 Å². The highest BCUT2D eigenvalue weighted by Crippen LogP contribution is 2.21. The maximum atomic E-state index is 9.54. The lowest BCUT2D eigenvalue weighted by atomic mass is 10.0. The first-order valence-electron chi connectivity index (χ1n) is 6.93. The normalized spacial score (nSPS) is 17.9. The summed E-state index contributed by atoms with van der Waals surface area (Å²) in [5, 5.41) is 13.0. The van der Waals surface area contributed by atoms with E-state index in [1.807, 2.05) is 0 Å². The van der Waals surface area contributed by atoms with Crippen LogP contribution in [0.25, 0.3) is 0 Å². The van der Waals surface area contributed by atoms with Gasteiger partial charge in [-0.25, -0.2) is 0 Å². The van der Waals surface area contributed by atoms with E-state index in [2.05, 4.69) is 42.3 Å². The molecule has 3 nitrogen and oxygen atoms in total. The molecule has 2 N–H and O–H groups in total. The Balaban J connectivity index is 2.05. The summed E-state index contributed by atoms with van der Waals surface area (Å²) < 4.78 is 0. The Morgan fingerprint density at radius 1 is 1.33 bits per heavy atom. The van der Waals surface area contributed by atoms with Gasteiger partial charge in [0.05, 0.1) is 6.10 Å². The van der Waals surface area contributed by atoms with Gasteiger partial charge in [-0.3, -0.25) is 4.90 Å². The van der Waals surface area contributed by atoms with Crippen molar-refractivity contribution in [2.45, 2.75) is 39.3 Å². The number of benzene rings is 1. The van der Waals surface area contributed by atoms with Crippen LogP contribution < -0.4 is 5.32 Å². The molecule has 1 aliphatic heterocycles. The Morgan fingerprint density at radius 3 is 2.72 bits per heavy atom. The number of likely N-dealkylation sites (tertiary alicyclic amines) is 1. The minimum Gasteiger partial charge on any atom is -0.393 e. The second-order valence-electron chi connectivity index (χ2n) is 5.20. The predicted octanol–water partition coefficient (Wildman–Crippen LogP) is 2.38. The van der Waals surface area contributed by atoms with Crippen LogP contribution in [0.2, 0.25) is 0 Å². The molecule has 1 heterocycles. The van der Waals surface area contributed by atoms with Crippen LogP contribution in [-0.2, 0) is 6.54 Å². The van der Waals surface area contributed by atoms with Crippen LogP contribution in [0, 0.1) is 6.92 Å². The number of nitrogens with one attached hydrogen (secondary N) is 1. The van der Waals surface area contributed by atoms with E-state index in [0.29, 0.717) is 0 Å². The summed E-state index contributed by atoms with van der Waals surface area (Å²) in [6.07, 6.45) is 1.72. The second kappa shape index (κ2) is 6.21. The van der Waals surface area contributed by atoms with Crippen LogP contribution in [0.15, 0.2) is 18.2 Å². The molecule has 1 aromatic rings. The van der Waals surface area contributed by atoms with E-state index in [1.54, 1.807) is 0 Å². The maximum Gasteiger partial charge on any atom is 0.0564 e. The standard InChI is InChI=1S/C15H24N2O/c1-3-16-15-5-4-12(2)10-13(15)11-17-8-6-14(18)7-9-17/h4-5,10,14,16,18H,3,6-9,11H2,1-2H3. The minimum atomic E-state index is -0.0907. The van der Waals surface area contributed by atoms with Crippen LogP contribution >= 0.6 is 0 Å². The van der Waals surface area contributed by atoms with Crippen molar-refractivity contribution in [1.29, 1.82) is 0 Å². The largest absolute Gasteiger partial charge is 0.393 e. The van der Waals surface area contributed by atoms with Gasteiger partial charge in [-0.15, -0.1) is 0 Å². The molecule has 1 aliphatic rings. The van der Waals surface area contributed by atoms with E-state index in [-0.39, 0.29) is 6.10 Å². The number of nitrogens with zero attached hydrogens (tertiary/aromatic N) is 1. The number of aliphatic hydroxyl groups excluding tert-OH is 1. The lowest BCUT2D eigenvalue weighted by Gasteiger charge is -2.30. The van der Waals surface area contributed by atoms with E-state index in [9.17, 15) is 5.11 Å². The SMILES string of the molecule is CCNc1ccc(C)cc1CN1CCC(O)CC1. The molecule has 100 valence electrons. The summed E-state index contributed by atoms with van der Waals surface area (Å²) in [4.78, 5) is 2.43. The smallest absolute Gasteiger partial charge is 0.0564 e. The summed E-state index contributed by atoms with van der Waals surface area (Å²) in [7, 11) is 0. The van der Waals surface area contributed by atoms with Crippen molar-refractivity contribution in [2.75, 3.05) is 25.0 Å². The fraction of sp³-hybridized carbons (Fsp3) is 0.600. The molecule has 0 aromatic heterocycles. The summed E-state index contributed by atoms with van der Waals surface area (Å²) in [6.45, 7) is 8.20. The molecule has 18 heavy (non-hydrogen) atoms. The number of rotatable bonds is 4. The zero-order chi connectivity index (χ0) is 13.0. The Kier molecular flexibility index (Phi) is 4.61. The van der Waals surface area contributed by atoms with Crippen LogP contribution in [0.4, 0.5) is 5.69 Å². The van der Waals surface area contributed by atoms with Crippen LogP contribution in [-0.4, -0.2) is 35.7 Å². The van der Waals surface area contributed by atoms with Gasteiger partial charge in [-0.1, -0.05) is 17.7 Å². The van der Waals surface area contributed by atoms with E-state index >= 15 is 0 Å². The third-order valence-corrected chi connectivity index (χ3v) is 3.58. The van der Waals surface area contributed by atoms with E-state index < -0.39 is 0 Å². The van der Waals surface area contributed by atoms with Gasteiger partial charge in [0.15, 0.2) is 0 Å². The first kappa shape index (κ1) is 13.4. The number of aryl methyl sites for hydroxylation is 1. The molecule has 0 amide bonds. The van der Waals surface area contributed by atoms with Crippen LogP contribution in [0.3, 0.4) is 0 Å². The van der Waals surface area contributed by atoms with Crippen molar-refractivity contribution in [3.05, 3.63) is 29.3 Å². The average molecular weight is 248 g/mol. The fourth-order valence-corrected chi connectivity index (χ4v) is 2.53. The van der Waals surface area contributed by atoms with E-state index in [4.69, 9.17) is 0 Å². The number of hydrogen-bond donors (Lipinski definition) is 2. The molecule has 0 atom stereocenters. The van der Waals surface area contributed by atoms with Gasteiger partial charge in [-0.2, -0.15) is 0 Å². The molecule has 0 aliphatic carbocycles. The summed E-state index contributed by atoms with van der Waals surface area (Å²) in [5.74, 6) is 0. The van der Waals surface area contributed by atoms with E-state index in [0.717, 1.165) is 39.0 Å². The molecule has 1 fully saturated rings. The second-order valence-corrected chi connectivity index (χ2v) is 5.20. The zero-order valence-corrected chi connectivity index (χ0v) is 11.4. The minimum absolute atomic E-state index is 0.0907. The molecule has 0 unspecified atom stereocenters. The first-order valence-corrected chi connectivity index (χ1v) is 6.93. The molecule has 1 aromatic carbocycles. The quantitative estimate of drug-likeness (QED) is 0.859. The summed E-state index contributed by atoms with van der Waals surface area (Å²) >= 11 is 0. The molecule has 0 radical (unpaired) electrons. The third-order valence-electron chi connectivity index (χ3n) is 3.58. The van der Waals surface area contributed by atoms with Crippen LogP contribution in [0.1, 0.15) is 30.9 Å². The molecule has 3 heteroatoms. The summed E-state index contributed by atoms with van der Waals surface area (Å²) in [6, 6.07) is 6.59. The topological polar surface area (TPSA) is 35.5 Å². The first-order chi connectivity index (χ1) is 8.69. The highest BCUT2D eigenvalue weighted by molar-refractivity contribution is 5.52. The van der Waals surface area contributed by atoms with Gasteiger partial charge in [-0.05, 0) is 38.3 Å². The number of piperidine rings is 1. The van der Waals surface area contributed by atoms with Crippen molar-refractivity contribution in [3.8, 4) is 0 Å². The average Bonchev–Trinajstić information content (AvgIpc) is 2.36. The molecule has 1 saturated heterocycles. The van der Waals surface area contributed by atoms with Gasteiger partial charge >= 0.3 is 0 Å². The zero-order valence-electron chi connectivity index (χ0n) is 11.4. The molecular weight excluding hydrogens is 224 g/mol. The Morgan fingerprint density at radius 2 is 2.06 bits per heavy atom. The van der Waals surface area contributed by atoms with Gasteiger partial charge in [0.25, 0.3) is 0 Å². The molecular formula is C15H24N2O. The van der Waals surface area contributed by atoms with Crippen molar-refractivity contribution >= 4 is 5.69 Å². The van der Waals surface area contributed by atoms with Gasteiger partial charge < -0.3 is 10.4 Å². The lowest BCUT2D eigenvalue weighted by molar-refractivity contribution is 0.0793. The molecule has 0 bridgehead atoms. The third kappa shape index (κ3) is 3.47. The van der Waals surface area contributed by atoms with Crippen molar-refractivity contribution in [2.24, 2.45) is 0 Å². The molecule has 0 saturated carbocycles. The highest BCUT2D eigenvalue weighted by Gasteiger charge is 2.17. The summed E-state index contributed by atoms with van der Waals surface area (Å²) in [5.41, 5.74) is 3.92. The fourth-order valence-electron chi connectivity index (χ4n) is 2.53. The molecule has 2 rings (SSSR count). The van der Waals surface area contributed by atoms with Gasteiger partial charge in [0.1, 0.15) is 0 Å². The van der Waals surface area contributed by atoms with Gasteiger partial charge in [0.2, 0.25) is 0 Å². The maximum absolute atomic E-state index is 9.54. The number of anilines is 1.